The fraction of sp³-hybridized carbons (Fsp3) is 0. The summed E-state index contributed by atoms with van der Waals surface area (Å²) in [6, 6.07) is 12.1. The lowest BCUT2D eigenvalue weighted by molar-refractivity contribution is 0.477. The van der Waals surface area contributed by atoms with Gasteiger partial charge in [0.25, 0.3) is 0 Å². The number of nitrogens with zero attached hydrogens (tertiary/aromatic N) is 2. The van der Waals surface area contributed by atoms with E-state index in [4.69, 9.17) is 10.2 Å². The fourth-order valence-electron chi connectivity index (χ4n) is 2.63. The van der Waals surface area contributed by atoms with E-state index < -0.39 is 5.69 Å². The van der Waals surface area contributed by atoms with E-state index in [0.29, 0.717) is 28.0 Å². The fourth-order valence-corrected chi connectivity index (χ4v) is 2.63. The van der Waals surface area contributed by atoms with Gasteiger partial charge in [-0.2, -0.15) is 4.98 Å². The number of H-pyrrole nitrogens is 1. The van der Waals surface area contributed by atoms with E-state index in [-0.39, 0.29) is 17.2 Å². The number of anilines is 1. The first kappa shape index (κ1) is 14.0. The molecule has 0 amide bonds. The van der Waals surface area contributed by atoms with E-state index in [1.165, 1.54) is 6.26 Å². The molecule has 0 unspecified atom stereocenters. The zero-order chi connectivity index (χ0) is 16.7. The maximum absolute atomic E-state index is 11.7. The van der Waals surface area contributed by atoms with Crippen molar-refractivity contribution < 1.29 is 9.52 Å². The summed E-state index contributed by atoms with van der Waals surface area (Å²) < 4.78 is 5.47. The van der Waals surface area contributed by atoms with Crippen molar-refractivity contribution >= 4 is 16.9 Å². The molecule has 3 aromatic heterocycles. The van der Waals surface area contributed by atoms with Gasteiger partial charge >= 0.3 is 5.69 Å². The molecule has 0 aliphatic carbocycles. The van der Waals surface area contributed by atoms with Crippen LogP contribution in [0.15, 0.2) is 57.9 Å². The van der Waals surface area contributed by atoms with Crippen molar-refractivity contribution in [3.8, 4) is 28.3 Å². The second-order valence-electron chi connectivity index (χ2n) is 5.20. The number of nitrogens with one attached hydrogen (secondary N) is 1. The first-order valence-electron chi connectivity index (χ1n) is 7.16. The molecule has 0 spiro atoms. The van der Waals surface area contributed by atoms with Crippen LogP contribution < -0.4 is 11.4 Å². The zero-order valence-corrected chi connectivity index (χ0v) is 12.4. The van der Waals surface area contributed by atoms with Crippen LogP contribution in [0.2, 0.25) is 0 Å². The van der Waals surface area contributed by atoms with Crippen LogP contribution in [-0.4, -0.2) is 20.1 Å². The summed E-state index contributed by atoms with van der Waals surface area (Å²) in [5.74, 6) is 0.792. The lowest BCUT2D eigenvalue weighted by Crippen LogP contribution is -2.14. The van der Waals surface area contributed by atoms with Gasteiger partial charge in [-0.3, -0.25) is 4.98 Å². The molecule has 0 fully saturated rings. The standard InChI is InChI=1S/C17H12N4O3/c18-15-14-10(13-6-3-7-24-13)8-11(9-4-1-2-5-12(9)22)19-16(14)21-17(23)20-15/h1-8,22H,(H3,18,19,20,21,23). The van der Waals surface area contributed by atoms with Gasteiger partial charge in [0.1, 0.15) is 17.3 Å². The van der Waals surface area contributed by atoms with Crippen molar-refractivity contribution in [2.45, 2.75) is 0 Å². The molecule has 7 nitrogen and oxygen atoms in total. The number of phenols is 1. The van der Waals surface area contributed by atoms with E-state index in [1.807, 2.05) is 0 Å². The highest BCUT2D eigenvalue weighted by molar-refractivity contribution is 6.00. The lowest BCUT2D eigenvalue weighted by atomic mass is 10.0. The average Bonchev–Trinajstić information content (AvgIpc) is 3.08. The molecule has 4 aromatic rings. The minimum atomic E-state index is -0.590. The largest absolute Gasteiger partial charge is 0.507 e. The molecular formula is C17H12N4O3. The molecule has 0 saturated heterocycles. The Morgan fingerprint density at radius 1 is 1.08 bits per heavy atom. The molecule has 3 heterocycles. The molecule has 0 bridgehead atoms. The van der Waals surface area contributed by atoms with Crippen molar-refractivity contribution in [3.63, 3.8) is 0 Å². The highest BCUT2D eigenvalue weighted by Gasteiger charge is 2.16. The topological polar surface area (TPSA) is 118 Å². The van der Waals surface area contributed by atoms with Crippen molar-refractivity contribution in [2.75, 3.05) is 5.73 Å². The number of pyridine rings is 1. The summed E-state index contributed by atoms with van der Waals surface area (Å²) >= 11 is 0. The SMILES string of the molecule is Nc1[nH]c(=O)nc2nc(-c3ccccc3O)cc(-c3ccco3)c12. The first-order valence-corrected chi connectivity index (χ1v) is 7.16. The van der Waals surface area contributed by atoms with E-state index in [1.54, 1.807) is 42.5 Å². The Kier molecular flexibility index (Phi) is 3.06. The Hall–Kier alpha value is -3.61. The maximum atomic E-state index is 11.7. The Morgan fingerprint density at radius 2 is 1.92 bits per heavy atom. The summed E-state index contributed by atoms with van der Waals surface area (Å²) in [6.45, 7) is 0. The summed E-state index contributed by atoms with van der Waals surface area (Å²) in [5.41, 5.74) is 7.16. The minimum absolute atomic E-state index is 0.0764. The van der Waals surface area contributed by atoms with E-state index in [0.717, 1.165) is 0 Å². The number of furan rings is 1. The number of hydrogen-bond donors (Lipinski definition) is 3. The van der Waals surface area contributed by atoms with Gasteiger partial charge in [-0.25, -0.2) is 9.78 Å². The number of para-hydroxylation sites is 1. The predicted molar refractivity (Wildman–Crippen MR) is 89.4 cm³/mol. The van der Waals surface area contributed by atoms with Crippen LogP contribution >= 0.6 is 0 Å². The van der Waals surface area contributed by atoms with E-state index in [9.17, 15) is 9.90 Å². The molecule has 1 aromatic carbocycles. The normalized spacial score (nSPS) is 11.0. The van der Waals surface area contributed by atoms with Crippen LogP contribution in [0.4, 0.5) is 5.82 Å². The third kappa shape index (κ3) is 2.19. The number of fused-ring (bicyclic) bond motifs is 1. The molecular weight excluding hydrogens is 308 g/mol. The van der Waals surface area contributed by atoms with Crippen LogP contribution in [0.3, 0.4) is 0 Å². The van der Waals surface area contributed by atoms with Gasteiger partial charge in [-0.1, -0.05) is 12.1 Å². The third-order valence-electron chi connectivity index (χ3n) is 3.69. The second kappa shape index (κ2) is 5.24. The lowest BCUT2D eigenvalue weighted by Gasteiger charge is -2.10. The minimum Gasteiger partial charge on any atom is -0.507 e. The van der Waals surface area contributed by atoms with Crippen LogP contribution in [0.25, 0.3) is 33.6 Å². The van der Waals surface area contributed by atoms with Crippen LogP contribution in [0, 0.1) is 0 Å². The molecule has 0 aliphatic heterocycles. The summed E-state index contributed by atoms with van der Waals surface area (Å²) in [4.78, 5) is 22.4. The van der Waals surface area contributed by atoms with Crippen LogP contribution in [0.5, 0.6) is 5.75 Å². The van der Waals surface area contributed by atoms with Crippen molar-refractivity contribution in [1.29, 1.82) is 0 Å². The third-order valence-corrected chi connectivity index (χ3v) is 3.69. The predicted octanol–water partition coefficient (Wildman–Crippen LogP) is 2.53. The number of nitrogen functional groups attached to an aromatic ring is 1. The number of benzene rings is 1. The monoisotopic (exact) mass is 320 g/mol. The highest BCUT2D eigenvalue weighted by atomic mass is 16.3. The number of aromatic nitrogens is 3. The Bertz CT molecular complexity index is 1100. The van der Waals surface area contributed by atoms with Gasteiger partial charge in [0.15, 0.2) is 5.65 Å². The molecule has 0 atom stereocenters. The second-order valence-corrected chi connectivity index (χ2v) is 5.20. The smallest absolute Gasteiger partial charge is 0.348 e. The van der Waals surface area contributed by atoms with Gasteiger partial charge in [0, 0.05) is 11.1 Å². The molecule has 24 heavy (non-hydrogen) atoms. The van der Waals surface area contributed by atoms with E-state index in [2.05, 4.69) is 15.0 Å². The van der Waals surface area contributed by atoms with Gasteiger partial charge in [0.05, 0.1) is 17.3 Å². The van der Waals surface area contributed by atoms with Crippen molar-refractivity contribution in [2.24, 2.45) is 0 Å². The molecule has 4 rings (SSSR count). The van der Waals surface area contributed by atoms with Crippen LogP contribution in [-0.2, 0) is 0 Å². The number of phenolic OH excluding ortho intramolecular Hbond substituents is 1. The Balaban J connectivity index is 2.12. The van der Waals surface area contributed by atoms with Gasteiger partial charge in [-0.05, 0) is 30.3 Å². The zero-order valence-electron chi connectivity index (χ0n) is 12.4. The highest BCUT2D eigenvalue weighted by Crippen LogP contribution is 2.35. The van der Waals surface area contributed by atoms with Crippen LogP contribution in [0.1, 0.15) is 0 Å². The Morgan fingerprint density at radius 3 is 2.67 bits per heavy atom. The number of aromatic hydroxyl groups is 1. The number of rotatable bonds is 2. The van der Waals surface area contributed by atoms with Gasteiger partial charge in [-0.15, -0.1) is 0 Å². The summed E-state index contributed by atoms with van der Waals surface area (Å²) in [7, 11) is 0. The average molecular weight is 320 g/mol. The van der Waals surface area contributed by atoms with Gasteiger partial charge < -0.3 is 15.3 Å². The Labute approximate surface area is 135 Å². The van der Waals surface area contributed by atoms with Crippen molar-refractivity contribution in [3.05, 3.63) is 59.2 Å². The molecule has 0 saturated carbocycles. The summed E-state index contributed by atoms with van der Waals surface area (Å²) in [5, 5.41) is 10.6. The maximum Gasteiger partial charge on any atom is 0.348 e. The van der Waals surface area contributed by atoms with E-state index >= 15 is 0 Å². The molecule has 7 heteroatoms. The molecule has 118 valence electrons. The molecule has 0 aliphatic rings. The quantitative estimate of drug-likeness (QED) is 0.522. The van der Waals surface area contributed by atoms with Crippen molar-refractivity contribution in [1.82, 2.24) is 15.0 Å². The van der Waals surface area contributed by atoms with Gasteiger partial charge in [0.2, 0.25) is 0 Å². The first-order chi connectivity index (χ1) is 11.6. The summed E-state index contributed by atoms with van der Waals surface area (Å²) in [6.07, 6.45) is 1.54. The number of nitrogens with two attached hydrogens (primary N) is 1. The number of hydrogen-bond acceptors (Lipinski definition) is 6. The number of aromatic amines is 1. The molecule has 0 radical (unpaired) electrons. The molecule has 4 N–H and O–H groups in total.